The van der Waals surface area contributed by atoms with Gasteiger partial charge in [0.15, 0.2) is 11.6 Å². The Labute approximate surface area is 150 Å². The second-order valence-corrected chi connectivity index (χ2v) is 5.77. The van der Waals surface area contributed by atoms with Crippen molar-refractivity contribution in [3.8, 4) is 0 Å². The molecule has 0 aromatic heterocycles. The molecule has 2 N–H and O–H groups in total. The van der Waals surface area contributed by atoms with Crippen molar-refractivity contribution in [3.63, 3.8) is 0 Å². The van der Waals surface area contributed by atoms with Gasteiger partial charge in [-0.2, -0.15) is 0 Å². The van der Waals surface area contributed by atoms with E-state index < -0.39 is 5.97 Å². The van der Waals surface area contributed by atoms with E-state index in [1.807, 2.05) is 0 Å². The van der Waals surface area contributed by atoms with Crippen molar-refractivity contribution in [1.82, 2.24) is 0 Å². The predicted octanol–water partition coefficient (Wildman–Crippen LogP) is 3.68. The van der Waals surface area contributed by atoms with E-state index in [4.69, 9.17) is 22.1 Å². The van der Waals surface area contributed by atoms with E-state index in [0.717, 1.165) is 0 Å². The summed E-state index contributed by atoms with van der Waals surface area (Å²) in [5.74, 6) is -1.05. The monoisotopic (exact) mass is 359 g/mol. The highest BCUT2D eigenvalue weighted by Crippen LogP contribution is 2.23. The summed E-state index contributed by atoms with van der Waals surface area (Å²) in [6.07, 6.45) is -0.0525. The van der Waals surface area contributed by atoms with Crippen molar-refractivity contribution in [3.05, 3.63) is 64.2 Å². The van der Waals surface area contributed by atoms with Crippen LogP contribution >= 0.6 is 11.6 Å². The molecule has 0 aliphatic rings. The largest absolute Gasteiger partial charge is 0.466 e. The first-order valence-electron chi connectivity index (χ1n) is 7.81. The molecule has 0 bridgehead atoms. The second-order valence-electron chi connectivity index (χ2n) is 5.33. The molecule has 0 saturated carbocycles. The predicted molar refractivity (Wildman–Crippen MR) is 95.9 cm³/mol. The lowest BCUT2D eigenvalue weighted by atomic mass is 9.96. The number of esters is 1. The summed E-state index contributed by atoms with van der Waals surface area (Å²) in [5, 5.41) is 0.521. The average molecular weight is 360 g/mol. The van der Waals surface area contributed by atoms with Crippen LogP contribution in [0.3, 0.4) is 0 Å². The van der Waals surface area contributed by atoms with E-state index in [-0.39, 0.29) is 47.8 Å². The van der Waals surface area contributed by atoms with Crippen LogP contribution in [-0.2, 0) is 9.53 Å². The Bertz CT molecular complexity index is 800. The number of hydrogen-bond acceptors (Lipinski definition) is 5. The van der Waals surface area contributed by atoms with Gasteiger partial charge in [0.05, 0.1) is 18.7 Å². The molecular formula is C19H18ClNO4. The van der Waals surface area contributed by atoms with Gasteiger partial charge in [0.25, 0.3) is 0 Å². The SMILES string of the molecule is CCOC(=O)CCC(=O)c1cccc(C(=O)c2ccc(Cl)cc2)c1N. The maximum Gasteiger partial charge on any atom is 0.306 e. The molecular weight excluding hydrogens is 342 g/mol. The number of anilines is 1. The van der Waals surface area contributed by atoms with Crippen molar-refractivity contribution < 1.29 is 19.1 Å². The summed E-state index contributed by atoms with van der Waals surface area (Å²) in [6, 6.07) is 11.1. The third-order valence-corrected chi connectivity index (χ3v) is 3.87. The highest BCUT2D eigenvalue weighted by molar-refractivity contribution is 6.30. The van der Waals surface area contributed by atoms with Crippen molar-refractivity contribution in [2.45, 2.75) is 19.8 Å². The van der Waals surface area contributed by atoms with Crippen LogP contribution in [-0.4, -0.2) is 24.1 Å². The lowest BCUT2D eigenvalue weighted by Gasteiger charge is -2.10. The van der Waals surface area contributed by atoms with E-state index >= 15 is 0 Å². The maximum atomic E-state index is 12.6. The molecule has 0 amide bonds. The standard InChI is InChI=1S/C19H18ClNO4/c1-2-25-17(23)11-10-16(22)14-4-3-5-15(18(14)21)19(24)12-6-8-13(20)9-7-12/h3-9H,2,10-11,21H2,1H3. The fourth-order valence-corrected chi connectivity index (χ4v) is 2.47. The lowest BCUT2D eigenvalue weighted by Crippen LogP contribution is -2.12. The number of rotatable bonds is 7. The number of halogens is 1. The van der Waals surface area contributed by atoms with E-state index in [1.54, 1.807) is 49.4 Å². The molecule has 2 rings (SSSR count). The summed E-state index contributed by atoms with van der Waals surface area (Å²) in [6.45, 7) is 1.96. The highest BCUT2D eigenvalue weighted by atomic mass is 35.5. The van der Waals surface area contributed by atoms with E-state index in [1.165, 1.54) is 0 Å². The van der Waals surface area contributed by atoms with Gasteiger partial charge in [0.1, 0.15) is 0 Å². The molecule has 25 heavy (non-hydrogen) atoms. The molecule has 130 valence electrons. The Balaban J connectivity index is 2.21. The van der Waals surface area contributed by atoms with Gasteiger partial charge in [-0.3, -0.25) is 14.4 Å². The Hall–Kier alpha value is -2.66. The Kier molecular flexibility index (Phi) is 6.31. The molecule has 0 atom stereocenters. The van der Waals surface area contributed by atoms with Crippen LogP contribution in [0.25, 0.3) is 0 Å². The minimum Gasteiger partial charge on any atom is -0.466 e. The van der Waals surface area contributed by atoms with Gasteiger partial charge in [-0.15, -0.1) is 0 Å². The minimum atomic E-state index is -0.442. The first-order chi connectivity index (χ1) is 11.9. The molecule has 0 saturated heterocycles. The maximum absolute atomic E-state index is 12.6. The summed E-state index contributed by atoms with van der Waals surface area (Å²) in [4.78, 5) is 36.3. The van der Waals surface area contributed by atoms with Crippen LogP contribution < -0.4 is 5.73 Å². The Morgan fingerprint density at radius 3 is 2.28 bits per heavy atom. The van der Waals surface area contributed by atoms with Crippen molar-refractivity contribution in [2.24, 2.45) is 0 Å². The van der Waals surface area contributed by atoms with Crippen LogP contribution in [0.2, 0.25) is 5.02 Å². The molecule has 0 spiro atoms. The molecule has 2 aromatic rings. The van der Waals surface area contributed by atoms with Crippen molar-refractivity contribution in [2.75, 3.05) is 12.3 Å². The van der Waals surface area contributed by atoms with Crippen LogP contribution in [0.15, 0.2) is 42.5 Å². The minimum absolute atomic E-state index is 0.0262. The molecule has 0 unspecified atom stereocenters. The highest BCUT2D eigenvalue weighted by Gasteiger charge is 2.19. The molecule has 0 aliphatic carbocycles. The zero-order chi connectivity index (χ0) is 18.4. The number of benzene rings is 2. The van der Waals surface area contributed by atoms with E-state index in [0.29, 0.717) is 10.6 Å². The Morgan fingerprint density at radius 2 is 1.64 bits per heavy atom. The fraction of sp³-hybridized carbons (Fsp3) is 0.211. The number of ether oxygens (including phenoxy) is 1. The summed E-state index contributed by atoms with van der Waals surface area (Å²) >= 11 is 5.82. The van der Waals surface area contributed by atoms with Crippen LogP contribution in [0.5, 0.6) is 0 Å². The van der Waals surface area contributed by atoms with Crippen LogP contribution in [0.1, 0.15) is 46.0 Å². The van der Waals surface area contributed by atoms with Crippen LogP contribution in [0, 0.1) is 0 Å². The van der Waals surface area contributed by atoms with Gasteiger partial charge in [-0.1, -0.05) is 17.7 Å². The number of ketones is 2. The van der Waals surface area contributed by atoms with Gasteiger partial charge in [-0.05, 0) is 43.3 Å². The summed E-state index contributed by atoms with van der Waals surface area (Å²) in [7, 11) is 0. The van der Waals surface area contributed by atoms with Gasteiger partial charge >= 0.3 is 5.97 Å². The van der Waals surface area contributed by atoms with Crippen molar-refractivity contribution >= 4 is 34.8 Å². The van der Waals surface area contributed by atoms with E-state index in [9.17, 15) is 14.4 Å². The van der Waals surface area contributed by atoms with Crippen LogP contribution in [0.4, 0.5) is 5.69 Å². The molecule has 5 nitrogen and oxygen atoms in total. The van der Waals surface area contributed by atoms with Gasteiger partial charge in [0.2, 0.25) is 0 Å². The zero-order valence-electron chi connectivity index (χ0n) is 13.8. The van der Waals surface area contributed by atoms with Gasteiger partial charge in [0, 0.05) is 28.1 Å². The van der Waals surface area contributed by atoms with E-state index in [2.05, 4.69) is 0 Å². The zero-order valence-corrected chi connectivity index (χ0v) is 14.5. The number of hydrogen-bond donors (Lipinski definition) is 1. The fourth-order valence-electron chi connectivity index (χ4n) is 2.35. The molecule has 0 radical (unpaired) electrons. The Morgan fingerprint density at radius 1 is 1.00 bits per heavy atom. The lowest BCUT2D eigenvalue weighted by molar-refractivity contribution is -0.143. The number of nitrogen functional groups attached to an aromatic ring is 1. The van der Waals surface area contributed by atoms with Gasteiger partial charge in [-0.25, -0.2) is 0 Å². The summed E-state index contributed by atoms with van der Waals surface area (Å²) in [5.41, 5.74) is 7.03. The smallest absolute Gasteiger partial charge is 0.306 e. The first-order valence-corrected chi connectivity index (χ1v) is 8.19. The number of nitrogens with two attached hydrogens (primary N) is 1. The summed E-state index contributed by atoms with van der Waals surface area (Å²) < 4.78 is 4.80. The first kappa shape index (κ1) is 18.7. The molecule has 0 aliphatic heterocycles. The third kappa shape index (κ3) is 4.67. The normalized spacial score (nSPS) is 10.3. The third-order valence-electron chi connectivity index (χ3n) is 3.62. The molecule has 2 aromatic carbocycles. The molecule has 6 heteroatoms. The average Bonchev–Trinajstić information content (AvgIpc) is 2.60. The quantitative estimate of drug-likeness (QED) is 0.463. The number of para-hydroxylation sites is 1. The number of carbonyl (C=O) groups is 3. The second kappa shape index (κ2) is 8.44. The number of carbonyl (C=O) groups excluding carboxylic acids is 3. The van der Waals surface area contributed by atoms with Gasteiger partial charge < -0.3 is 10.5 Å². The number of Topliss-reactive ketones (excluding diaryl/α,β-unsaturated/α-hetero) is 1. The van der Waals surface area contributed by atoms with Crippen molar-refractivity contribution in [1.29, 1.82) is 0 Å². The molecule has 0 fully saturated rings. The topological polar surface area (TPSA) is 86.5 Å². The molecule has 0 heterocycles.